The maximum Gasteiger partial charge on any atom is 0.335 e. The van der Waals surface area contributed by atoms with Crippen LogP contribution < -0.4 is 5.73 Å². The summed E-state index contributed by atoms with van der Waals surface area (Å²) in [4.78, 5) is 10.7. The number of fused-ring (bicyclic) bond motifs is 1. The number of benzene rings is 1. The average Bonchev–Trinajstić information content (AvgIpc) is 2.59. The van der Waals surface area contributed by atoms with Crippen LogP contribution in [0.1, 0.15) is 33.8 Å². The van der Waals surface area contributed by atoms with E-state index in [4.69, 9.17) is 10.8 Å². The van der Waals surface area contributed by atoms with E-state index in [-0.39, 0.29) is 0 Å². The largest absolute Gasteiger partial charge is 0.478 e. The molecule has 1 aliphatic rings. The lowest BCUT2D eigenvalue weighted by Gasteiger charge is -2.07. The Hall–Kier alpha value is -1.35. The number of aromatic carboxylic acids is 1. The van der Waals surface area contributed by atoms with Crippen LogP contribution in [0.3, 0.4) is 0 Å². The van der Waals surface area contributed by atoms with Crippen molar-refractivity contribution < 1.29 is 9.90 Å². The Morgan fingerprint density at radius 2 is 2.36 bits per heavy atom. The fourth-order valence-corrected chi connectivity index (χ4v) is 2.08. The van der Waals surface area contributed by atoms with Crippen LogP contribution in [-0.2, 0) is 6.42 Å². The first kappa shape index (κ1) is 9.21. The van der Waals surface area contributed by atoms with Gasteiger partial charge in [-0.1, -0.05) is 6.07 Å². The van der Waals surface area contributed by atoms with Crippen LogP contribution in [-0.4, -0.2) is 17.6 Å². The molecule has 0 heterocycles. The van der Waals surface area contributed by atoms with Gasteiger partial charge in [0.25, 0.3) is 0 Å². The predicted octanol–water partition coefficient (Wildman–Crippen LogP) is 1.37. The lowest BCUT2D eigenvalue weighted by Crippen LogP contribution is -2.09. The van der Waals surface area contributed by atoms with Crippen LogP contribution in [0.5, 0.6) is 0 Å². The Morgan fingerprint density at radius 3 is 3.00 bits per heavy atom. The van der Waals surface area contributed by atoms with Gasteiger partial charge in [-0.05, 0) is 48.6 Å². The predicted molar refractivity (Wildman–Crippen MR) is 53.5 cm³/mol. The van der Waals surface area contributed by atoms with Crippen molar-refractivity contribution in [2.75, 3.05) is 6.54 Å². The van der Waals surface area contributed by atoms with Crippen LogP contribution in [0, 0.1) is 0 Å². The van der Waals surface area contributed by atoms with Crippen LogP contribution >= 0.6 is 0 Å². The summed E-state index contributed by atoms with van der Waals surface area (Å²) in [5.74, 6) is -0.433. The molecule has 0 spiro atoms. The molecule has 0 radical (unpaired) electrons. The second-order valence-corrected chi connectivity index (χ2v) is 3.69. The average molecular weight is 191 g/mol. The highest BCUT2D eigenvalue weighted by Gasteiger charge is 2.21. The van der Waals surface area contributed by atoms with E-state index in [1.54, 1.807) is 12.1 Å². The molecule has 0 bridgehead atoms. The second-order valence-electron chi connectivity index (χ2n) is 3.69. The molecule has 2 rings (SSSR count). The molecule has 0 aromatic heterocycles. The zero-order valence-corrected chi connectivity index (χ0v) is 7.86. The van der Waals surface area contributed by atoms with E-state index < -0.39 is 5.97 Å². The van der Waals surface area contributed by atoms with Gasteiger partial charge in [-0.3, -0.25) is 0 Å². The smallest absolute Gasteiger partial charge is 0.335 e. The molecule has 0 saturated carbocycles. The van der Waals surface area contributed by atoms with Crippen molar-refractivity contribution >= 4 is 5.97 Å². The minimum Gasteiger partial charge on any atom is -0.478 e. The van der Waals surface area contributed by atoms with E-state index in [0.29, 0.717) is 18.0 Å². The molecule has 1 unspecified atom stereocenters. The van der Waals surface area contributed by atoms with E-state index in [2.05, 4.69) is 0 Å². The minimum atomic E-state index is -0.857. The highest BCUT2D eigenvalue weighted by atomic mass is 16.4. The summed E-state index contributed by atoms with van der Waals surface area (Å²) < 4.78 is 0. The van der Waals surface area contributed by atoms with Crippen molar-refractivity contribution in [3.8, 4) is 0 Å². The van der Waals surface area contributed by atoms with Gasteiger partial charge in [0.2, 0.25) is 0 Å². The van der Waals surface area contributed by atoms with Gasteiger partial charge in [0.1, 0.15) is 0 Å². The molecular formula is C11H13NO2. The van der Waals surface area contributed by atoms with Crippen molar-refractivity contribution in [1.29, 1.82) is 0 Å². The summed E-state index contributed by atoms with van der Waals surface area (Å²) in [5, 5.41) is 8.81. The number of carboxylic acids is 1. The first-order valence-electron chi connectivity index (χ1n) is 4.78. The third-order valence-electron chi connectivity index (χ3n) is 2.88. The molecule has 0 fully saturated rings. The molecule has 0 aliphatic heterocycles. The monoisotopic (exact) mass is 191 g/mol. The van der Waals surface area contributed by atoms with Gasteiger partial charge in [0, 0.05) is 0 Å². The van der Waals surface area contributed by atoms with Gasteiger partial charge >= 0.3 is 5.97 Å². The standard InChI is InChI=1S/C11H13NO2/c12-6-9-2-1-7-5-8(11(13)14)3-4-10(7)9/h3-5,9H,1-2,6,12H2,(H,13,14). The van der Waals surface area contributed by atoms with E-state index in [0.717, 1.165) is 18.4 Å². The summed E-state index contributed by atoms with van der Waals surface area (Å²) in [5.41, 5.74) is 8.39. The van der Waals surface area contributed by atoms with Gasteiger partial charge in [0.15, 0.2) is 0 Å². The quantitative estimate of drug-likeness (QED) is 0.742. The van der Waals surface area contributed by atoms with Crippen molar-refractivity contribution in [2.45, 2.75) is 18.8 Å². The van der Waals surface area contributed by atoms with Crippen molar-refractivity contribution in [3.05, 3.63) is 34.9 Å². The van der Waals surface area contributed by atoms with Crippen molar-refractivity contribution in [2.24, 2.45) is 5.73 Å². The molecule has 74 valence electrons. The molecule has 1 aromatic rings. The topological polar surface area (TPSA) is 63.3 Å². The fraction of sp³-hybridized carbons (Fsp3) is 0.364. The molecule has 0 saturated heterocycles. The second kappa shape index (κ2) is 3.42. The van der Waals surface area contributed by atoms with Gasteiger partial charge in [-0.15, -0.1) is 0 Å². The number of rotatable bonds is 2. The normalized spacial score (nSPS) is 19.4. The van der Waals surface area contributed by atoms with Crippen LogP contribution in [0.4, 0.5) is 0 Å². The van der Waals surface area contributed by atoms with E-state index >= 15 is 0 Å². The number of carboxylic acid groups (broad SMARTS) is 1. The van der Waals surface area contributed by atoms with Gasteiger partial charge in [-0.25, -0.2) is 4.79 Å². The molecule has 1 atom stereocenters. The first-order valence-corrected chi connectivity index (χ1v) is 4.78. The number of hydrogen-bond acceptors (Lipinski definition) is 2. The number of carbonyl (C=O) groups is 1. The maximum absolute atomic E-state index is 10.7. The molecular weight excluding hydrogens is 178 g/mol. The van der Waals surface area contributed by atoms with E-state index in [9.17, 15) is 4.79 Å². The summed E-state index contributed by atoms with van der Waals surface area (Å²) in [6.07, 6.45) is 2.01. The van der Waals surface area contributed by atoms with Gasteiger partial charge < -0.3 is 10.8 Å². The molecule has 14 heavy (non-hydrogen) atoms. The lowest BCUT2D eigenvalue weighted by molar-refractivity contribution is 0.0697. The first-order chi connectivity index (χ1) is 6.72. The highest BCUT2D eigenvalue weighted by molar-refractivity contribution is 5.88. The molecule has 3 N–H and O–H groups in total. The van der Waals surface area contributed by atoms with Crippen LogP contribution in [0.15, 0.2) is 18.2 Å². The summed E-state index contributed by atoms with van der Waals surface area (Å²) >= 11 is 0. The van der Waals surface area contributed by atoms with E-state index in [1.807, 2.05) is 6.07 Å². The summed E-state index contributed by atoms with van der Waals surface area (Å²) in [7, 11) is 0. The van der Waals surface area contributed by atoms with Gasteiger partial charge in [0.05, 0.1) is 5.56 Å². The Labute approximate surface area is 82.5 Å². The Bertz CT molecular complexity index is 374. The fourth-order valence-electron chi connectivity index (χ4n) is 2.08. The van der Waals surface area contributed by atoms with Crippen molar-refractivity contribution in [1.82, 2.24) is 0 Å². The molecule has 1 aliphatic carbocycles. The SMILES string of the molecule is NCC1CCc2cc(C(=O)O)ccc21. The summed E-state index contributed by atoms with van der Waals surface area (Å²) in [6, 6.07) is 5.34. The molecule has 1 aromatic carbocycles. The third kappa shape index (κ3) is 1.40. The Kier molecular flexibility index (Phi) is 2.25. The zero-order valence-electron chi connectivity index (χ0n) is 7.86. The van der Waals surface area contributed by atoms with E-state index in [1.165, 1.54) is 5.56 Å². The van der Waals surface area contributed by atoms with Crippen molar-refractivity contribution in [3.63, 3.8) is 0 Å². The highest BCUT2D eigenvalue weighted by Crippen LogP contribution is 2.32. The van der Waals surface area contributed by atoms with Crippen LogP contribution in [0.2, 0.25) is 0 Å². The Balaban J connectivity index is 2.39. The third-order valence-corrected chi connectivity index (χ3v) is 2.88. The number of nitrogens with two attached hydrogens (primary N) is 1. The summed E-state index contributed by atoms with van der Waals surface area (Å²) in [6.45, 7) is 0.652. The van der Waals surface area contributed by atoms with Gasteiger partial charge in [-0.2, -0.15) is 0 Å². The Morgan fingerprint density at radius 1 is 1.57 bits per heavy atom. The number of aryl methyl sites for hydroxylation is 1. The molecule has 0 amide bonds. The molecule has 3 nitrogen and oxygen atoms in total. The van der Waals surface area contributed by atoms with Crippen LogP contribution in [0.25, 0.3) is 0 Å². The maximum atomic E-state index is 10.7. The number of hydrogen-bond donors (Lipinski definition) is 2. The molecule has 3 heteroatoms. The zero-order chi connectivity index (χ0) is 10.1. The minimum absolute atomic E-state index is 0.376. The lowest BCUT2D eigenvalue weighted by atomic mass is 10.00.